The Hall–Kier alpha value is -2.52. The van der Waals surface area contributed by atoms with Crippen molar-refractivity contribution in [2.24, 2.45) is 5.73 Å². The second-order valence-electron chi connectivity index (χ2n) is 7.08. The summed E-state index contributed by atoms with van der Waals surface area (Å²) in [5.41, 5.74) is 8.88. The summed E-state index contributed by atoms with van der Waals surface area (Å²) in [4.78, 5) is 21.5. The van der Waals surface area contributed by atoms with Gasteiger partial charge in [0.25, 0.3) is 5.91 Å². The molecule has 0 aromatic carbocycles. The Morgan fingerprint density at radius 1 is 1.37 bits per heavy atom. The fraction of sp³-hybridized carbons (Fsp3) is 0.556. The molecule has 2 aromatic heterocycles. The van der Waals surface area contributed by atoms with Crippen molar-refractivity contribution in [2.75, 3.05) is 19.0 Å². The number of hydrogen-bond donors (Lipinski definition) is 3. The van der Waals surface area contributed by atoms with Crippen LogP contribution < -0.4 is 16.4 Å². The lowest BCUT2D eigenvalue weighted by Gasteiger charge is -2.29. The van der Waals surface area contributed by atoms with Crippen LogP contribution in [0.5, 0.6) is 0 Å². The maximum atomic E-state index is 12.3. The van der Waals surface area contributed by atoms with Crippen LogP contribution in [0.2, 0.25) is 0 Å². The van der Waals surface area contributed by atoms with Crippen LogP contribution in [-0.2, 0) is 17.8 Å². The quantitative estimate of drug-likeness (QED) is 0.690. The van der Waals surface area contributed by atoms with Crippen molar-refractivity contribution >= 4 is 11.9 Å². The first-order valence-electron chi connectivity index (χ1n) is 9.38. The van der Waals surface area contributed by atoms with Gasteiger partial charge >= 0.3 is 0 Å². The largest absolute Gasteiger partial charge is 0.383 e. The molecule has 144 valence electrons. The van der Waals surface area contributed by atoms with Crippen LogP contribution in [-0.4, -0.2) is 51.5 Å². The summed E-state index contributed by atoms with van der Waals surface area (Å²) in [6.07, 6.45) is 7.92. The predicted octanol–water partition coefficient (Wildman–Crippen LogP) is 0.912. The topological polar surface area (TPSA) is 120 Å². The molecular formula is C18H25N7O2. The van der Waals surface area contributed by atoms with Gasteiger partial charge in [-0.15, -0.1) is 0 Å². The molecule has 9 nitrogen and oxygen atoms in total. The van der Waals surface area contributed by atoms with Crippen LogP contribution in [0.1, 0.15) is 41.7 Å². The number of anilines is 1. The zero-order chi connectivity index (χ0) is 18.8. The Morgan fingerprint density at radius 3 is 3.04 bits per heavy atom. The summed E-state index contributed by atoms with van der Waals surface area (Å²) >= 11 is 0. The maximum absolute atomic E-state index is 12.3. The number of nitrogens with one attached hydrogen (secondary N) is 2. The number of methoxy groups -OCH3 is 1. The van der Waals surface area contributed by atoms with E-state index in [1.165, 1.54) is 0 Å². The van der Waals surface area contributed by atoms with E-state index in [-0.39, 0.29) is 18.0 Å². The van der Waals surface area contributed by atoms with E-state index in [4.69, 9.17) is 10.5 Å². The molecule has 1 amide bonds. The van der Waals surface area contributed by atoms with E-state index >= 15 is 0 Å². The van der Waals surface area contributed by atoms with E-state index in [9.17, 15) is 4.79 Å². The van der Waals surface area contributed by atoms with E-state index in [1.807, 2.05) is 6.20 Å². The van der Waals surface area contributed by atoms with Gasteiger partial charge in [-0.2, -0.15) is 5.10 Å². The van der Waals surface area contributed by atoms with Gasteiger partial charge in [0.05, 0.1) is 42.8 Å². The fourth-order valence-electron chi connectivity index (χ4n) is 3.70. The summed E-state index contributed by atoms with van der Waals surface area (Å²) in [6, 6.07) is 0.245. The van der Waals surface area contributed by atoms with Crippen LogP contribution in [0.25, 0.3) is 11.3 Å². The van der Waals surface area contributed by atoms with E-state index in [2.05, 4.69) is 25.7 Å². The highest BCUT2D eigenvalue weighted by molar-refractivity contribution is 6.03. The van der Waals surface area contributed by atoms with Crippen LogP contribution in [0, 0.1) is 0 Å². The van der Waals surface area contributed by atoms with Gasteiger partial charge in [0.2, 0.25) is 5.95 Å². The summed E-state index contributed by atoms with van der Waals surface area (Å²) < 4.78 is 6.88. The van der Waals surface area contributed by atoms with Crippen molar-refractivity contribution < 1.29 is 9.53 Å². The normalized spacial score (nSPS) is 21.8. The van der Waals surface area contributed by atoms with Crippen molar-refractivity contribution in [3.8, 4) is 11.3 Å². The van der Waals surface area contributed by atoms with Crippen molar-refractivity contribution in [3.05, 3.63) is 23.7 Å². The minimum Gasteiger partial charge on any atom is -0.383 e. The van der Waals surface area contributed by atoms with Crippen LogP contribution in [0.15, 0.2) is 12.4 Å². The first-order valence-corrected chi connectivity index (χ1v) is 9.38. The molecule has 2 aliphatic rings. The average molecular weight is 371 g/mol. The molecule has 1 fully saturated rings. The number of nitrogens with two attached hydrogens (primary N) is 1. The number of amides is 1. The lowest BCUT2D eigenvalue weighted by Crippen LogP contribution is -2.43. The Labute approximate surface area is 157 Å². The third-order valence-corrected chi connectivity index (χ3v) is 5.19. The zero-order valence-electron chi connectivity index (χ0n) is 15.4. The molecule has 0 unspecified atom stereocenters. The smallest absolute Gasteiger partial charge is 0.255 e. The molecule has 0 saturated heterocycles. The summed E-state index contributed by atoms with van der Waals surface area (Å²) in [5.74, 6) is 0.373. The van der Waals surface area contributed by atoms with Crippen LogP contribution in [0.4, 0.5) is 5.95 Å². The van der Waals surface area contributed by atoms with Crippen molar-refractivity contribution in [2.45, 2.75) is 50.9 Å². The third kappa shape index (κ3) is 3.65. The number of fused-ring (bicyclic) bond motifs is 1. The monoisotopic (exact) mass is 371 g/mol. The van der Waals surface area contributed by atoms with Gasteiger partial charge in [0.1, 0.15) is 0 Å². The molecule has 3 heterocycles. The van der Waals surface area contributed by atoms with Gasteiger partial charge in [-0.3, -0.25) is 9.48 Å². The lowest BCUT2D eigenvalue weighted by molar-refractivity contribution is 0.0966. The number of ether oxygens (including phenoxy) is 1. The zero-order valence-corrected chi connectivity index (χ0v) is 15.4. The molecular weight excluding hydrogens is 346 g/mol. The first kappa shape index (κ1) is 17.9. The highest BCUT2D eigenvalue weighted by Gasteiger charge is 2.29. The minimum atomic E-state index is -0.148. The number of carbonyl (C=O) groups excluding carboxylic acids is 1. The molecule has 2 atom stereocenters. The summed E-state index contributed by atoms with van der Waals surface area (Å²) in [5, 5.41) is 10.6. The van der Waals surface area contributed by atoms with Crippen molar-refractivity contribution in [3.63, 3.8) is 0 Å². The van der Waals surface area contributed by atoms with Gasteiger partial charge in [0.15, 0.2) is 0 Å². The Balaban J connectivity index is 1.66. The van der Waals surface area contributed by atoms with Crippen LogP contribution >= 0.6 is 0 Å². The molecule has 9 heteroatoms. The SMILES string of the molecule is COCCn1cc(-c2nc(N[C@@H]3CCCC[C@@H]3N)nc3c2C(=O)NC3)cn1. The lowest BCUT2D eigenvalue weighted by atomic mass is 9.91. The van der Waals surface area contributed by atoms with Crippen molar-refractivity contribution in [1.82, 2.24) is 25.1 Å². The predicted molar refractivity (Wildman–Crippen MR) is 100 cm³/mol. The van der Waals surface area contributed by atoms with E-state index in [0.717, 1.165) is 31.2 Å². The summed E-state index contributed by atoms with van der Waals surface area (Å²) in [6.45, 7) is 1.61. The second-order valence-corrected chi connectivity index (χ2v) is 7.08. The highest BCUT2D eigenvalue weighted by Crippen LogP contribution is 2.29. The number of aromatic nitrogens is 4. The number of hydrogen-bond acceptors (Lipinski definition) is 7. The molecule has 2 aromatic rings. The van der Waals surface area contributed by atoms with E-state index in [0.29, 0.717) is 42.6 Å². The van der Waals surface area contributed by atoms with Crippen molar-refractivity contribution in [1.29, 1.82) is 0 Å². The molecule has 4 rings (SSSR count). The average Bonchev–Trinajstić information content (AvgIpc) is 3.29. The molecule has 4 N–H and O–H groups in total. The highest BCUT2D eigenvalue weighted by atomic mass is 16.5. The third-order valence-electron chi connectivity index (χ3n) is 5.19. The number of rotatable bonds is 6. The molecule has 0 radical (unpaired) electrons. The molecule has 1 aliphatic carbocycles. The minimum absolute atomic E-state index is 0.0932. The number of carbonyl (C=O) groups is 1. The molecule has 0 bridgehead atoms. The summed E-state index contributed by atoms with van der Waals surface area (Å²) in [7, 11) is 1.65. The standard InChI is InChI=1S/C18H25N7O2/c1-27-7-6-25-10-11(8-21-25)16-15-14(9-20-17(15)26)23-18(24-16)22-13-5-3-2-4-12(13)19/h8,10,12-13H,2-7,9,19H2,1H3,(H,20,26)(H,22,23,24)/t12-,13+/m0/s1. The van der Waals surface area contributed by atoms with Gasteiger partial charge in [0, 0.05) is 31.0 Å². The van der Waals surface area contributed by atoms with E-state index in [1.54, 1.807) is 18.0 Å². The fourth-order valence-corrected chi connectivity index (χ4v) is 3.70. The Bertz CT molecular complexity index is 835. The molecule has 1 aliphatic heterocycles. The van der Waals surface area contributed by atoms with Crippen LogP contribution in [0.3, 0.4) is 0 Å². The number of nitrogens with zero attached hydrogens (tertiary/aromatic N) is 4. The Kier molecular flexibility index (Phi) is 5.04. The Morgan fingerprint density at radius 2 is 2.22 bits per heavy atom. The molecule has 27 heavy (non-hydrogen) atoms. The second kappa shape index (κ2) is 7.61. The van der Waals surface area contributed by atoms with Gasteiger partial charge < -0.3 is 21.1 Å². The van der Waals surface area contributed by atoms with Gasteiger partial charge in [-0.1, -0.05) is 12.8 Å². The van der Waals surface area contributed by atoms with E-state index < -0.39 is 0 Å². The van der Waals surface area contributed by atoms with Gasteiger partial charge in [-0.25, -0.2) is 9.97 Å². The first-order chi connectivity index (χ1) is 13.2. The molecule has 0 spiro atoms. The molecule has 1 saturated carbocycles. The van der Waals surface area contributed by atoms with Gasteiger partial charge in [-0.05, 0) is 12.8 Å². The maximum Gasteiger partial charge on any atom is 0.255 e.